The summed E-state index contributed by atoms with van der Waals surface area (Å²) in [6.45, 7) is 6.60. The molecule has 3 nitrogen and oxygen atoms in total. The Balaban J connectivity index is 4.15. The number of amides is 1. The van der Waals surface area contributed by atoms with E-state index in [0.717, 1.165) is 6.42 Å². The van der Waals surface area contributed by atoms with E-state index >= 15 is 0 Å². The molecule has 0 heterocycles. The lowest BCUT2D eigenvalue weighted by Crippen LogP contribution is -2.38. The van der Waals surface area contributed by atoms with E-state index in [1.807, 2.05) is 20.8 Å². The van der Waals surface area contributed by atoms with Crippen LogP contribution in [-0.4, -0.2) is 41.4 Å². The average molecular weight is 256 g/mol. The molecule has 0 saturated carbocycles. The second kappa shape index (κ2) is 7.18. The lowest BCUT2D eigenvalue weighted by atomic mass is 10.2. The molecular formula is C10H19Cl2NO2. The summed E-state index contributed by atoms with van der Waals surface area (Å²) in [5.74, 6) is 0.934. The minimum atomic E-state index is -0.470. The van der Waals surface area contributed by atoms with E-state index in [9.17, 15) is 4.79 Å². The van der Waals surface area contributed by atoms with Gasteiger partial charge in [-0.1, -0.05) is 0 Å². The zero-order valence-corrected chi connectivity index (χ0v) is 11.1. The fourth-order valence-corrected chi connectivity index (χ4v) is 1.30. The van der Waals surface area contributed by atoms with Crippen LogP contribution >= 0.6 is 23.2 Å². The number of alkyl halides is 2. The maximum Gasteiger partial charge on any atom is 0.410 e. The summed E-state index contributed by atoms with van der Waals surface area (Å²) in [6, 6.07) is 0. The molecule has 0 aromatic heterocycles. The van der Waals surface area contributed by atoms with Crippen LogP contribution in [0.5, 0.6) is 0 Å². The van der Waals surface area contributed by atoms with Crippen LogP contribution in [0.4, 0.5) is 4.79 Å². The van der Waals surface area contributed by atoms with E-state index in [4.69, 9.17) is 27.9 Å². The van der Waals surface area contributed by atoms with E-state index < -0.39 is 5.60 Å². The third kappa shape index (κ3) is 7.74. The molecule has 0 bridgehead atoms. The zero-order chi connectivity index (χ0) is 11.9. The largest absolute Gasteiger partial charge is 0.444 e. The molecule has 15 heavy (non-hydrogen) atoms. The quantitative estimate of drug-likeness (QED) is 0.707. The number of nitrogens with zero attached hydrogens (tertiary/aromatic N) is 1. The first-order valence-corrected chi connectivity index (χ1v) is 6.07. The second-order valence-electron chi connectivity index (χ2n) is 4.20. The SMILES string of the molecule is CC(C)(C)OC(=O)N(CCCl)CCCCl. The van der Waals surface area contributed by atoms with Gasteiger partial charge in [0.1, 0.15) is 5.60 Å². The summed E-state index contributed by atoms with van der Waals surface area (Å²) in [4.78, 5) is 13.2. The normalized spacial score (nSPS) is 11.3. The lowest BCUT2D eigenvalue weighted by Gasteiger charge is -2.26. The molecule has 0 aliphatic rings. The number of hydrogen-bond acceptors (Lipinski definition) is 2. The van der Waals surface area contributed by atoms with E-state index in [2.05, 4.69) is 0 Å². The predicted octanol–water partition coefficient (Wildman–Crippen LogP) is 3.09. The van der Waals surface area contributed by atoms with Crippen LogP contribution in [0.25, 0.3) is 0 Å². The summed E-state index contributed by atoms with van der Waals surface area (Å²) >= 11 is 11.2. The molecule has 0 saturated heterocycles. The minimum Gasteiger partial charge on any atom is -0.444 e. The summed E-state index contributed by atoms with van der Waals surface area (Å²) < 4.78 is 5.23. The standard InChI is InChI=1S/C10H19Cl2NO2/c1-10(2,3)15-9(14)13(8-6-12)7-4-5-11/h4-8H2,1-3H3. The number of rotatable bonds is 5. The molecule has 0 atom stereocenters. The van der Waals surface area contributed by atoms with Gasteiger partial charge in [0, 0.05) is 24.8 Å². The van der Waals surface area contributed by atoms with Gasteiger partial charge in [-0.2, -0.15) is 0 Å². The molecule has 0 radical (unpaired) electrons. The third-order valence-electron chi connectivity index (χ3n) is 1.57. The van der Waals surface area contributed by atoms with Gasteiger partial charge in [-0.3, -0.25) is 0 Å². The Labute approximate surface area is 102 Å². The van der Waals surface area contributed by atoms with E-state index in [-0.39, 0.29) is 6.09 Å². The van der Waals surface area contributed by atoms with Gasteiger partial charge in [-0.25, -0.2) is 4.79 Å². The highest BCUT2D eigenvalue weighted by atomic mass is 35.5. The van der Waals surface area contributed by atoms with Crippen molar-refractivity contribution >= 4 is 29.3 Å². The van der Waals surface area contributed by atoms with E-state index in [0.29, 0.717) is 24.8 Å². The van der Waals surface area contributed by atoms with Crippen LogP contribution in [0.1, 0.15) is 27.2 Å². The molecule has 1 amide bonds. The molecule has 0 aromatic carbocycles. The number of carbonyl (C=O) groups is 1. The first-order chi connectivity index (χ1) is 6.90. The lowest BCUT2D eigenvalue weighted by molar-refractivity contribution is 0.0262. The molecule has 0 spiro atoms. The van der Waals surface area contributed by atoms with Gasteiger partial charge in [-0.15, -0.1) is 23.2 Å². The maximum atomic E-state index is 11.7. The third-order valence-corrected chi connectivity index (χ3v) is 2.00. The minimum absolute atomic E-state index is 0.326. The molecular weight excluding hydrogens is 237 g/mol. The van der Waals surface area contributed by atoms with Crippen molar-refractivity contribution < 1.29 is 9.53 Å². The van der Waals surface area contributed by atoms with Crippen molar-refractivity contribution in [1.29, 1.82) is 0 Å². The molecule has 0 aromatic rings. The van der Waals surface area contributed by atoms with Crippen molar-refractivity contribution in [2.75, 3.05) is 24.8 Å². The first-order valence-electron chi connectivity index (χ1n) is 5.00. The maximum absolute atomic E-state index is 11.7. The fraction of sp³-hybridized carbons (Fsp3) is 0.900. The summed E-state index contributed by atoms with van der Waals surface area (Å²) in [7, 11) is 0. The summed E-state index contributed by atoms with van der Waals surface area (Å²) in [5, 5.41) is 0. The first kappa shape index (κ1) is 14.8. The molecule has 90 valence electrons. The van der Waals surface area contributed by atoms with Gasteiger partial charge in [0.05, 0.1) is 0 Å². The van der Waals surface area contributed by atoms with Crippen LogP contribution in [0.3, 0.4) is 0 Å². The van der Waals surface area contributed by atoms with Gasteiger partial charge in [0.25, 0.3) is 0 Å². The Hall–Kier alpha value is -0.150. The Morgan fingerprint density at radius 2 is 1.80 bits per heavy atom. The summed E-state index contributed by atoms with van der Waals surface area (Å²) in [5.41, 5.74) is -0.470. The highest BCUT2D eigenvalue weighted by Gasteiger charge is 2.21. The van der Waals surface area contributed by atoms with Crippen LogP contribution < -0.4 is 0 Å². The highest BCUT2D eigenvalue weighted by molar-refractivity contribution is 6.18. The fourth-order valence-electron chi connectivity index (χ4n) is 0.973. The molecule has 0 N–H and O–H groups in total. The van der Waals surface area contributed by atoms with Gasteiger partial charge in [0.2, 0.25) is 0 Å². The Morgan fingerprint density at radius 1 is 1.20 bits per heavy atom. The van der Waals surface area contributed by atoms with Crippen molar-refractivity contribution in [1.82, 2.24) is 4.90 Å². The van der Waals surface area contributed by atoms with Gasteiger partial charge < -0.3 is 9.64 Å². The summed E-state index contributed by atoms with van der Waals surface area (Å²) in [6.07, 6.45) is 0.422. The van der Waals surface area contributed by atoms with Crippen LogP contribution in [0, 0.1) is 0 Å². The average Bonchev–Trinajstić information content (AvgIpc) is 2.09. The van der Waals surface area contributed by atoms with E-state index in [1.54, 1.807) is 4.90 Å². The van der Waals surface area contributed by atoms with Crippen LogP contribution in [-0.2, 0) is 4.74 Å². The van der Waals surface area contributed by atoms with Crippen molar-refractivity contribution in [3.63, 3.8) is 0 Å². The molecule has 0 aliphatic heterocycles. The monoisotopic (exact) mass is 255 g/mol. The molecule has 0 unspecified atom stereocenters. The van der Waals surface area contributed by atoms with Gasteiger partial charge in [0.15, 0.2) is 0 Å². The van der Waals surface area contributed by atoms with Gasteiger partial charge in [-0.05, 0) is 27.2 Å². The Bertz CT molecular complexity index is 192. The predicted molar refractivity (Wildman–Crippen MR) is 63.9 cm³/mol. The molecule has 0 aliphatic carbocycles. The van der Waals surface area contributed by atoms with Crippen LogP contribution in [0.2, 0.25) is 0 Å². The van der Waals surface area contributed by atoms with Crippen molar-refractivity contribution in [3.8, 4) is 0 Å². The van der Waals surface area contributed by atoms with Gasteiger partial charge >= 0.3 is 6.09 Å². The Morgan fingerprint density at radius 3 is 2.20 bits per heavy atom. The van der Waals surface area contributed by atoms with E-state index in [1.165, 1.54) is 0 Å². The zero-order valence-electron chi connectivity index (χ0n) is 9.56. The van der Waals surface area contributed by atoms with Crippen molar-refractivity contribution in [2.45, 2.75) is 32.8 Å². The van der Waals surface area contributed by atoms with Crippen molar-refractivity contribution in [3.05, 3.63) is 0 Å². The molecule has 5 heteroatoms. The second-order valence-corrected chi connectivity index (χ2v) is 4.95. The molecule has 0 fully saturated rings. The van der Waals surface area contributed by atoms with Crippen LogP contribution in [0.15, 0.2) is 0 Å². The number of halogens is 2. The van der Waals surface area contributed by atoms with Crippen molar-refractivity contribution in [2.24, 2.45) is 0 Å². The number of ether oxygens (including phenoxy) is 1. The Kier molecular flexibility index (Phi) is 7.11. The number of carbonyl (C=O) groups excluding carboxylic acids is 1. The molecule has 0 rings (SSSR count). The topological polar surface area (TPSA) is 29.5 Å². The number of hydrogen-bond donors (Lipinski definition) is 0. The smallest absolute Gasteiger partial charge is 0.410 e. The highest BCUT2D eigenvalue weighted by Crippen LogP contribution is 2.10.